The number of carbonyl (C=O) groups is 3. The normalized spacial score (nSPS) is 14.9. The van der Waals surface area contributed by atoms with Gasteiger partial charge in [-0.1, -0.05) is 29.8 Å². The number of piperazine rings is 1. The maximum atomic E-state index is 13.4. The minimum atomic E-state index is -4.33. The second kappa shape index (κ2) is 10.3. The summed E-state index contributed by atoms with van der Waals surface area (Å²) in [5.41, 5.74) is 0.529. The smallest absolute Gasteiger partial charge is 0.288 e. The zero-order valence-corrected chi connectivity index (χ0v) is 20.0. The molecule has 1 aromatic heterocycles. The van der Waals surface area contributed by atoms with Gasteiger partial charge in [0, 0.05) is 36.8 Å². The standard InChI is InChI=1S/C24H22ClN3O6S/c25-18-8-10-19(11-9-18)35(32,33)22(26-21(29)20-7-4-16-34-20)24(31)28-14-12-27(13-15-28)23(30)17-5-2-1-3-6-17/h1-11,16,22H,12-15H2,(H,26,29)/t22-/m1/s1. The third-order valence-corrected chi connectivity index (χ3v) is 7.70. The van der Waals surface area contributed by atoms with Gasteiger partial charge in [-0.25, -0.2) is 8.42 Å². The van der Waals surface area contributed by atoms with E-state index in [1.165, 1.54) is 47.6 Å². The van der Waals surface area contributed by atoms with E-state index in [2.05, 4.69) is 5.32 Å². The first-order chi connectivity index (χ1) is 16.8. The van der Waals surface area contributed by atoms with Gasteiger partial charge in [0.05, 0.1) is 11.2 Å². The molecule has 1 aliphatic rings. The van der Waals surface area contributed by atoms with E-state index in [1.807, 2.05) is 6.07 Å². The molecule has 0 unspecified atom stereocenters. The number of amides is 3. The molecule has 11 heteroatoms. The fourth-order valence-electron chi connectivity index (χ4n) is 3.69. The van der Waals surface area contributed by atoms with Crippen LogP contribution in [0.25, 0.3) is 0 Å². The van der Waals surface area contributed by atoms with Crippen LogP contribution in [0.3, 0.4) is 0 Å². The molecule has 0 spiro atoms. The van der Waals surface area contributed by atoms with Crippen LogP contribution in [0.15, 0.2) is 82.3 Å². The Bertz CT molecular complexity index is 1300. The first kappa shape index (κ1) is 24.5. The van der Waals surface area contributed by atoms with E-state index < -0.39 is 27.0 Å². The van der Waals surface area contributed by atoms with Gasteiger partial charge in [-0.2, -0.15) is 0 Å². The molecule has 1 fully saturated rings. The van der Waals surface area contributed by atoms with Gasteiger partial charge in [0.1, 0.15) is 0 Å². The minimum Gasteiger partial charge on any atom is -0.459 e. The number of furan rings is 1. The highest BCUT2D eigenvalue weighted by atomic mass is 35.5. The van der Waals surface area contributed by atoms with Gasteiger partial charge in [0.2, 0.25) is 15.2 Å². The molecule has 1 N–H and O–H groups in total. The summed E-state index contributed by atoms with van der Waals surface area (Å²) in [5.74, 6) is -1.95. The summed E-state index contributed by atoms with van der Waals surface area (Å²) < 4.78 is 31.8. The van der Waals surface area contributed by atoms with Crippen molar-refractivity contribution in [3.8, 4) is 0 Å². The van der Waals surface area contributed by atoms with Gasteiger partial charge in [0.15, 0.2) is 5.76 Å². The number of benzene rings is 2. The first-order valence-electron chi connectivity index (χ1n) is 10.7. The van der Waals surface area contributed by atoms with Crippen LogP contribution >= 0.6 is 11.6 Å². The van der Waals surface area contributed by atoms with Crippen molar-refractivity contribution < 1.29 is 27.2 Å². The Hall–Kier alpha value is -3.63. The van der Waals surface area contributed by atoms with Gasteiger partial charge in [-0.15, -0.1) is 0 Å². The van der Waals surface area contributed by atoms with Crippen molar-refractivity contribution in [1.82, 2.24) is 15.1 Å². The SMILES string of the molecule is O=C(N[C@@H](C(=O)N1CCN(C(=O)c2ccccc2)CC1)S(=O)(=O)c1ccc(Cl)cc1)c1ccco1. The van der Waals surface area contributed by atoms with E-state index in [1.54, 1.807) is 29.2 Å². The highest BCUT2D eigenvalue weighted by molar-refractivity contribution is 7.92. The Labute approximate surface area is 207 Å². The average molecular weight is 516 g/mol. The van der Waals surface area contributed by atoms with Crippen LogP contribution in [-0.4, -0.2) is 67.5 Å². The Morgan fingerprint density at radius 1 is 0.857 bits per heavy atom. The van der Waals surface area contributed by atoms with Crippen LogP contribution in [0.5, 0.6) is 0 Å². The van der Waals surface area contributed by atoms with Gasteiger partial charge < -0.3 is 19.5 Å². The van der Waals surface area contributed by atoms with E-state index >= 15 is 0 Å². The maximum Gasteiger partial charge on any atom is 0.288 e. The topological polar surface area (TPSA) is 117 Å². The fourth-order valence-corrected chi connectivity index (χ4v) is 5.28. The molecule has 4 rings (SSSR count). The highest BCUT2D eigenvalue weighted by Crippen LogP contribution is 2.21. The predicted octanol–water partition coefficient (Wildman–Crippen LogP) is 2.45. The molecule has 182 valence electrons. The van der Waals surface area contributed by atoms with Crippen LogP contribution in [0.1, 0.15) is 20.9 Å². The molecule has 2 heterocycles. The van der Waals surface area contributed by atoms with Crippen molar-refractivity contribution in [2.45, 2.75) is 10.3 Å². The molecule has 1 aliphatic heterocycles. The Morgan fingerprint density at radius 2 is 1.49 bits per heavy atom. The second-order valence-corrected chi connectivity index (χ2v) is 10.3. The third kappa shape index (κ3) is 5.39. The number of carbonyl (C=O) groups excluding carboxylic acids is 3. The molecule has 1 atom stereocenters. The van der Waals surface area contributed by atoms with Crippen LogP contribution in [0, 0.1) is 0 Å². The molecule has 0 radical (unpaired) electrons. The minimum absolute atomic E-state index is 0.112. The Morgan fingerprint density at radius 3 is 2.09 bits per heavy atom. The van der Waals surface area contributed by atoms with E-state index in [4.69, 9.17) is 16.0 Å². The van der Waals surface area contributed by atoms with Crippen molar-refractivity contribution in [2.24, 2.45) is 0 Å². The van der Waals surface area contributed by atoms with Gasteiger partial charge in [0.25, 0.3) is 17.7 Å². The molecule has 3 aromatic rings. The van der Waals surface area contributed by atoms with Crippen LogP contribution in [0.2, 0.25) is 5.02 Å². The molecule has 3 amide bonds. The summed E-state index contributed by atoms with van der Waals surface area (Å²) in [6, 6.07) is 16.9. The number of hydrogen-bond acceptors (Lipinski definition) is 6. The number of sulfone groups is 1. The molecular formula is C24H22ClN3O6S. The monoisotopic (exact) mass is 515 g/mol. The Kier molecular flexibility index (Phi) is 7.23. The summed E-state index contributed by atoms with van der Waals surface area (Å²) in [6.07, 6.45) is 1.27. The number of nitrogens with zero attached hydrogens (tertiary/aromatic N) is 2. The number of rotatable bonds is 6. The molecule has 0 saturated carbocycles. The van der Waals surface area contributed by atoms with Gasteiger partial charge in [-0.3, -0.25) is 14.4 Å². The zero-order valence-electron chi connectivity index (χ0n) is 18.5. The summed E-state index contributed by atoms with van der Waals surface area (Å²) in [7, 11) is -4.33. The van der Waals surface area contributed by atoms with Crippen LogP contribution in [-0.2, 0) is 14.6 Å². The molecule has 9 nitrogen and oxygen atoms in total. The van der Waals surface area contributed by atoms with E-state index in [9.17, 15) is 22.8 Å². The lowest BCUT2D eigenvalue weighted by Crippen LogP contribution is -2.57. The molecule has 0 bridgehead atoms. The average Bonchev–Trinajstić information content (AvgIpc) is 3.42. The lowest BCUT2D eigenvalue weighted by atomic mass is 10.2. The maximum absolute atomic E-state index is 13.4. The summed E-state index contributed by atoms with van der Waals surface area (Å²) in [4.78, 5) is 41.5. The first-order valence-corrected chi connectivity index (χ1v) is 12.7. The number of hydrogen-bond donors (Lipinski definition) is 1. The summed E-state index contributed by atoms with van der Waals surface area (Å²) in [5, 5.41) is 0.738. The Balaban J connectivity index is 1.54. The lowest BCUT2D eigenvalue weighted by Gasteiger charge is -2.36. The fraction of sp³-hybridized carbons (Fsp3) is 0.208. The lowest BCUT2D eigenvalue weighted by molar-refractivity contribution is -0.132. The van der Waals surface area contributed by atoms with Crippen molar-refractivity contribution in [2.75, 3.05) is 26.2 Å². The predicted molar refractivity (Wildman–Crippen MR) is 128 cm³/mol. The van der Waals surface area contributed by atoms with Crippen LogP contribution < -0.4 is 5.32 Å². The van der Waals surface area contributed by atoms with E-state index in [0.29, 0.717) is 10.6 Å². The van der Waals surface area contributed by atoms with E-state index in [0.717, 1.165) is 0 Å². The van der Waals surface area contributed by atoms with Crippen molar-refractivity contribution in [1.29, 1.82) is 0 Å². The van der Waals surface area contributed by atoms with E-state index in [-0.39, 0.29) is 42.7 Å². The zero-order chi connectivity index (χ0) is 25.0. The van der Waals surface area contributed by atoms with Crippen molar-refractivity contribution >= 4 is 39.2 Å². The molecule has 35 heavy (non-hydrogen) atoms. The third-order valence-electron chi connectivity index (χ3n) is 5.58. The second-order valence-electron chi connectivity index (χ2n) is 7.81. The molecule has 0 aliphatic carbocycles. The quantitative estimate of drug-likeness (QED) is 0.539. The van der Waals surface area contributed by atoms with Crippen molar-refractivity contribution in [3.63, 3.8) is 0 Å². The molecule has 1 saturated heterocycles. The molecule has 2 aromatic carbocycles. The van der Waals surface area contributed by atoms with Gasteiger partial charge in [-0.05, 0) is 48.5 Å². The van der Waals surface area contributed by atoms with Crippen LogP contribution in [0.4, 0.5) is 0 Å². The van der Waals surface area contributed by atoms with Gasteiger partial charge >= 0.3 is 0 Å². The number of nitrogens with one attached hydrogen (secondary N) is 1. The number of halogens is 1. The summed E-state index contributed by atoms with van der Waals surface area (Å²) in [6.45, 7) is 0.667. The van der Waals surface area contributed by atoms with Crippen molar-refractivity contribution in [3.05, 3.63) is 89.3 Å². The highest BCUT2D eigenvalue weighted by Gasteiger charge is 2.40. The molecular weight excluding hydrogens is 494 g/mol. The largest absolute Gasteiger partial charge is 0.459 e. The summed E-state index contributed by atoms with van der Waals surface area (Å²) >= 11 is 5.88.